The summed E-state index contributed by atoms with van der Waals surface area (Å²) in [5.41, 5.74) is 10.3. The lowest BCUT2D eigenvalue weighted by Crippen LogP contribution is -2.13. The Kier molecular flexibility index (Phi) is 6.69. The SMILES string of the molecule is Cc1cc(C)cc(CNCc2ccc(CNc3cc(C)c(C#N)c(C)c3)cc2)c1. The standard InChI is InChI=1S/C26H29N3/c1-18-9-19(2)11-24(10-18)16-28-15-22-5-7-23(8-6-22)17-29-25-12-20(3)26(14-27)21(4)13-25/h5-13,28-29H,15-17H2,1-4H3. The number of aryl methyl sites for hydroxylation is 4. The van der Waals surface area contributed by atoms with Gasteiger partial charge >= 0.3 is 0 Å². The molecule has 0 spiro atoms. The van der Waals surface area contributed by atoms with Gasteiger partial charge in [-0.15, -0.1) is 0 Å². The molecule has 3 heteroatoms. The molecule has 0 fully saturated rings. The quantitative estimate of drug-likeness (QED) is 0.551. The highest BCUT2D eigenvalue weighted by Gasteiger charge is 2.04. The molecule has 3 rings (SSSR count). The van der Waals surface area contributed by atoms with Crippen molar-refractivity contribution >= 4 is 5.69 Å². The smallest absolute Gasteiger partial charge is 0.0997 e. The molecule has 0 saturated heterocycles. The normalized spacial score (nSPS) is 10.6. The van der Waals surface area contributed by atoms with Crippen LogP contribution in [0.5, 0.6) is 0 Å². The molecular weight excluding hydrogens is 354 g/mol. The van der Waals surface area contributed by atoms with E-state index in [1.807, 2.05) is 26.0 Å². The van der Waals surface area contributed by atoms with Gasteiger partial charge in [-0.25, -0.2) is 0 Å². The number of hydrogen-bond donors (Lipinski definition) is 2. The third-order valence-corrected chi connectivity index (χ3v) is 5.10. The maximum Gasteiger partial charge on any atom is 0.0997 e. The highest BCUT2D eigenvalue weighted by atomic mass is 14.9. The highest BCUT2D eigenvalue weighted by molar-refractivity contribution is 5.56. The van der Waals surface area contributed by atoms with Crippen LogP contribution < -0.4 is 10.6 Å². The lowest BCUT2D eigenvalue weighted by molar-refractivity contribution is 0.692. The van der Waals surface area contributed by atoms with Gasteiger partial charge in [0.15, 0.2) is 0 Å². The zero-order valence-electron chi connectivity index (χ0n) is 17.8. The fraction of sp³-hybridized carbons (Fsp3) is 0.269. The number of nitriles is 1. The Balaban J connectivity index is 1.52. The molecule has 3 aromatic rings. The van der Waals surface area contributed by atoms with Crippen LogP contribution in [0.3, 0.4) is 0 Å². The average molecular weight is 384 g/mol. The van der Waals surface area contributed by atoms with E-state index >= 15 is 0 Å². The van der Waals surface area contributed by atoms with Crippen LogP contribution in [0, 0.1) is 39.0 Å². The number of anilines is 1. The van der Waals surface area contributed by atoms with Crippen LogP contribution in [0.4, 0.5) is 5.69 Å². The Morgan fingerprint density at radius 1 is 0.690 bits per heavy atom. The molecule has 0 aliphatic carbocycles. The predicted molar refractivity (Wildman–Crippen MR) is 121 cm³/mol. The summed E-state index contributed by atoms with van der Waals surface area (Å²) in [7, 11) is 0. The fourth-order valence-corrected chi connectivity index (χ4v) is 3.74. The summed E-state index contributed by atoms with van der Waals surface area (Å²) in [6.07, 6.45) is 0. The Morgan fingerprint density at radius 3 is 1.76 bits per heavy atom. The summed E-state index contributed by atoms with van der Waals surface area (Å²) >= 11 is 0. The number of hydrogen-bond acceptors (Lipinski definition) is 3. The van der Waals surface area contributed by atoms with Gasteiger partial charge in [-0.05, 0) is 67.6 Å². The molecule has 0 aromatic heterocycles. The summed E-state index contributed by atoms with van der Waals surface area (Å²) in [6.45, 7) is 10.7. The van der Waals surface area contributed by atoms with Gasteiger partial charge in [0.05, 0.1) is 11.6 Å². The van der Waals surface area contributed by atoms with Gasteiger partial charge in [0.25, 0.3) is 0 Å². The first-order valence-corrected chi connectivity index (χ1v) is 10.1. The third kappa shape index (κ3) is 5.70. The molecule has 3 nitrogen and oxygen atoms in total. The second kappa shape index (κ2) is 9.41. The van der Waals surface area contributed by atoms with Crippen LogP contribution in [0.1, 0.15) is 44.5 Å². The van der Waals surface area contributed by atoms with Crippen molar-refractivity contribution in [2.24, 2.45) is 0 Å². The molecule has 0 saturated carbocycles. The Labute approximate surface area is 174 Å². The molecule has 3 aromatic carbocycles. The minimum absolute atomic E-state index is 0.765. The highest BCUT2D eigenvalue weighted by Crippen LogP contribution is 2.20. The molecule has 0 amide bonds. The van der Waals surface area contributed by atoms with Gasteiger partial charge in [-0.3, -0.25) is 0 Å². The predicted octanol–water partition coefficient (Wildman–Crippen LogP) is 5.69. The maximum absolute atomic E-state index is 9.20. The van der Waals surface area contributed by atoms with Gasteiger partial charge in [0, 0.05) is 25.3 Å². The first-order valence-electron chi connectivity index (χ1n) is 10.1. The van der Waals surface area contributed by atoms with Gasteiger partial charge in [0.2, 0.25) is 0 Å². The van der Waals surface area contributed by atoms with E-state index in [0.717, 1.165) is 42.0 Å². The molecule has 0 heterocycles. The number of nitrogens with zero attached hydrogens (tertiary/aromatic N) is 1. The Hall–Kier alpha value is -3.09. The third-order valence-electron chi connectivity index (χ3n) is 5.10. The molecular formula is C26H29N3. The van der Waals surface area contributed by atoms with Crippen LogP contribution in [-0.4, -0.2) is 0 Å². The molecule has 0 radical (unpaired) electrons. The molecule has 148 valence electrons. The lowest BCUT2D eigenvalue weighted by Gasteiger charge is -2.11. The number of rotatable bonds is 7. The van der Waals surface area contributed by atoms with E-state index in [1.165, 1.54) is 27.8 Å². The van der Waals surface area contributed by atoms with E-state index in [-0.39, 0.29) is 0 Å². The number of nitrogens with one attached hydrogen (secondary N) is 2. The minimum Gasteiger partial charge on any atom is -0.381 e. The van der Waals surface area contributed by atoms with Gasteiger partial charge in [-0.2, -0.15) is 5.26 Å². The van der Waals surface area contributed by atoms with Crippen LogP contribution in [-0.2, 0) is 19.6 Å². The van der Waals surface area contributed by atoms with E-state index in [1.54, 1.807) is 0 Å². The largest absolute Gasteiger partial charge is 0.381 e. The van der Waals surface area contributed by atoms with Crippen molar-refractivity contribution < 1.29 is 0 Å². The summed E-state index contributed by atoms with van der Waals surface area (Å²) in [4.78, 5) is 0. The van der Waals surface area contributed by atoms with E-state index in [0.29, 0.717) is 0 Å². The van der Waals surface area contributed by atoms with E-state index in [4.69, 9.17) is 0 Å². The van der Waals surface area contributed by atoms with Crippen LogP contribution in [0.15, 0.2) is 54.6 Å². The van der Waals surface area contributed by atoms with E-state index in [2.05, 4.69) is 73.0 Å². The van der Waals surface area contributed by atoms with Crippen molar-refractivity contribution in [3.8, 4) is 6.07 Å². The van der Waals surface area contributed by atoms with Crippen molar-refractivity contribution in [1.29, 1.82) is 5.26 Å². The molecule has 0 atom stereocenters. The molecule has 0 bridgehead atoms. The molecule has 0 aliphatic heterocycles. The van der Waals surface area contributed by atoms with Crippen LogP contribution in [0.2, 0.25) is 0 Å². The number of benzene rings is 3. The summed E-state index contributed by atoms with van der Waals surface area (Å²) in [5.74, 6) is 0. The van der Waals surface area contributed by atoms with Crippen molar-refractivity contribution in [3.63, 3.8) is 0 Å². The Bertz CT molecular complexity index is 984. The topological polar surface area (TPSA) is 47.8 Å². The fourth-order valence-electron chi connectivity index (χ4n) is 3.74. The molecule has 0 aliphatic rings. The average Bonchev–Trinajstić information content (AvgIpc) is 2.66. The minimum atomic E-state index is 0.765. The summed E-state index contributed by atoms with van der Waals surface area (Å²) in [5, 5.41) is 16.2. The molecule has 2 N–H and O–H groups in total. The van der Waals surface area contributed by atoms with Gasteiger partial charge < -0.3 is 10.6 Å². The van der Waals surface area contributed by atoms with Crippen LogP contribution >= 0.6 is 0 Å². The maximum atomic E-state index is 9.20. The zero-order valence-corrected chi connectivity index (χ0v) is 17.8. The molecule has 29 heavy (non-hydrogen) atoms. The zero-order chi connectivity index (χ0) is 20.8. The summed E-state index contributed by atoms with van der Waals surface area (Å²) in [6, 6.07) is 21.7. The van der Waals surface area contributed by atoms with Gasteiger partial charge in [0.1, 0.15) is 0 Å². The molecule has 0 unspecified atom stereocenters. The lowest BCUT2D eigenvalue weighted by atomic mass is 10.0. The van der Waals surface area contributed by atoms with Crippen molar-refractivity contribution in [3.05, 3.63) is 99.1 Å². The second-order valence-electron chi connectivity index (χ2n) is 7.87. The van der Waals surface area contributed by atoms with Crippen molar-refractivity contribution in [2.45, 2.75) is 47.3 Å². The first-order chi connectivity index (χ1) is 13.9. The van der Waals surface area contributed by atoms with E-state index in [9.17, 15) is 5.26 Å². The van der Waals surface area contributed by atoms with Crippen molar-refractivity contribution in [1.82, 2.24) is 5.32 Å². The van der Waals surface area contributed by atoms with Crippen LogP contribution in [0.25, 0.3) is 0 Å². The second-order valence-corrected chi connectivity index (χ2v) is 7.87. The first kappa shape index (κ1) is 20.6. The van der Waals surface area contributed by atoms with E-state index < -0.39 is 0 Å². The van der Waals surface area contributed by atoms with Crippen molar-refractivity contribution in [2.75, 3.05) is 5.32 Å². The monoisotopic (exact) mass is 383 g/mol. The summed E-state index contributed by atoms with van der Waals surface area (Å²) < 4.78 is 0. The Morgan fingerprint density at radius 2 is 1.21 bits per heavy atom. The van der Waals surface area contributed by atoms with Gasteiger partial charge in [-0.1, -0.05) is 53.6 Å².